The van der Waals surface area contributed by atoms with Crippen molar-refractivity contribution in [2.24, 2.45) is 0 Å². The molecule has 2 saturated heterocycles. The Bertz CT molecular complexity index is 2370. The lowest BCUT2D eigenvalue weighted by atomic mass is 9.55. The zero-order valence-electron chi connectivity index (χ0n) is 31.6. The topological polar surface area (TPSA) is 91.9 Å². The number of amides is 3. The number of para-hydroxylation sites is 1. The van der Waals surface area contributed by atoms with E-state index in [9.17, 15) is 14.4 Å². The number of imide groups is 1. The van der Waals surface area contributed by atoms with Gasteiger partial charge in [-0.15, -0.1) is 0 Å². The molecule has 10 heteroatoms. The van der Waals surface area contributed by atoms with Crippen molar-refractivity contribution in [3.8, 4) is 5.75 Å². The lowest BCUT2D eigenvalue weighted by molar-refractivity contribution is -0.141. The molecule has 5 aromatic carbocycles. The summed E-state index contributed by atoms with van der Waals surface area (Å²) in [6, 6.07) is 41.3. The van der Waals surface area contributed by atoms with Crippen molar-refractivity contribution in [1.82, 2.24) is 9.80 Å². The van der Waals surface area contributed by atoms with E-state index in [1.807, 2.05) is 78.9 Å². The highest BCUT2D eigenvalue weighted by Crippen LogP contribution is 2.78. The fourth-order valence-electron chi connectivity index (χ4n) is 11.2. The number of nitrogens with zero attached hydrogens (tertiary/aromatic N) is 4. The van der Waals surface area contributed by atoms with E-state index < -0.39 is 28.9 Å². The minimum Gasteiger partial charge on any atom is -0.489 e. The molecule has 0 unspecified atom stereocenters. The van der Waals surface area contributed by atoms with E-state index in [1.165, 1.54) is 12.0 Å². The molecule has 5 aliphatic rings. The first kappa shape index (κ1) is 34.5. The van der Waals surface area contributed by atoms with Crippen LogP contribution in [-0.2, 0) is 26.9 Å². The fraction of sp³-hybridized carbons (Fsp3) is 0.283. The van der Waals surface area contributed by atoms with Crippen LogP contribution in [-0.4, -0.2) is 67.0 Å². The summed E-state index contributed by atoms with van der Waals surface area (Å²) in [5.41, 5.74) is 4.67. The minimum atomic E-state index is -1.37. The Labute approximate surface area is 325 Å². The maximum atomic E-state index is 14.5. The van der Waals surface area contributed by atoms with Crippen molar-refractivity contribution in [3.63, 3.8) is 0 Å². The summed E-state index contributed by atoms with van der Waals surface area (Å²) in [7, 11) is 3.50. The van der Waals surface area contributed by atoms with Gasteiger partial charge in [0.15, 0.2) is 0 Å². The Balaban J connectivity index is 1.26. The third-order valence-electron chi connectivity index (χ3n) is 13.2. The molecule has 2 fully saturated rings. The lowest BCUT2D eigenvalue weighted by Gasteiger charge is -2.49. The summed E-state index contributed by atoms with van der Waals surface area (Å²) in [5.74, 6) is -1.27. The Morgan fingerprint density at radius 2 is 1.46 bits per heavy atom. The van der Waals surface area contributed by atoms with E-state index >= 15 is 0 Å². The second-order valence-electron chi connectivity index (χ2n) is 15.4. The summed E-state index contributed by atoms with van der Waals surface area (Å²) in [5, 5.41) is 0. The third kappa shape index (κ3) is 4.20. The number of rotatable bonds is 8. The number of anilines is 2. The Morgan fingerprint density at radius 3 is 2.18 bits per heavy atom. The molecule has 0 radical (unpaired) electrons. The number of hydrogen-bond acceptors (Lipinski definition) is 8. The molecule has 3 amide bonds. The number of carbonyl (C=O) groups is 3. The summed E-state index contributed by atoms with van der Waals surface area (Å²) in [6.45, 7) is 2.99. The van der Waals surface area contributed by atoms with Crippen molar-refractivity contribution in [2.45, 2.75) is 55.3 Å². The highest BCUT2D eigenvalue weighted by atomic mass is 16.6. The van der Waals surface area contributed by atoms with Gasteiger partial charge in [0.1, 0.15) is 12.4 Å². The SMILES string of the molecule is COC(=O)N1c2ccccc2[C@@]23CCO[C@@]12N([C@@H](C)c1ccccc1)[C@H]1N(C)c2cccc(OCc4ccccc4)c2[C@]13CCN1C(=O)c2ccccc2C1=O. The number of hydrogen-bond donors (Lipinski definition) is 0. The van der Waals surface area contributed by atoms with E-state index in [0.29, 0.717) is 48.6 Å². The number of benzene rings is 5. The summed E-state index contributed by atoms with van der Waals surface area (Å²) >= 11 is 0. The van der Waals surface area contributed by atoms with Crippen LogP contribution in [0.4, 0.5) is 16.2 Å². The zero-order valence-corrected chi connectivity index (χ0v) is 31.6. The molecule has 56 heavy (non-hydrogen) atoms. The smallest absolute Gasteiger partial charge is 0.417 e. The number of fused-ring (bicyclic) bond motifs is 5. The average Bonchev–Trinajstić information content (AvgIpc) is 3.95. The quantitative estimate of drug-likeness (QED) is 0.150. The average molecular weight is 747 g/mol. The largest absolute Gasteiger partial charge is 0.489 e. The molecule has 0 N–H and O–H groups in total. The molecular formula is C46H42N4O6. The molecule has 5 heterocycles. The normalized spacial score (nSPS) is 26.1. The fourth-order valence-corrected chi connectivity index (χ4v) is 11.2. The van der Waals surface area contributed by atoms with Gasteiger partial charge in [-0.3, -0.25) is 14.5 Å². The van der Waals surface area contributed by atoms with Crippen LogP contribution in [0.15, 0.2) is 127 Å². The number of methoxy groups -OCH3 is 1. The molecule has 282 valence electrons. The van der Waals surface area contributed by atoms with Gasteiger partial charge in [0, 0.05) is 30.9 Å². The second kappa shape index (κ2) is 12.5. The van der Waals surface area contributed by atoms with Crippen LogP contribution in [0.25, 0.3) is 0 Å². The molecule has 0 spiro atoms. The van der Waals surface area contributed by atoms with Gasteiger partial charge in [0.2, 0.25) is 5.85 Å². The van der Waals surface area contributed by atoms with Crippen LogP contribution in [0.1, 0.15) is 68.8 Å². The van der Waals surface area contributed by atoms with Gasteiger partial charge in [-0.25, -0.2) is 14.6 Å². The Hall–Kier alpha value is -5.97. The highest BCUT2D eigenvalue weighted by molar-refractivity contribution is 6.21. The first-order chi connectivity index (χ1) is 27.3. The van der Waals surface area contributed by atoms with Gasteiger partial charge in [-0.1, -0.05) is 97.1 Å². The highest BCUT2D eigenvalue weighted by Gasteiger charge is 2.87. The number of likely N-dealkylation sites (tertiary alicyclic amines) is 1. The Morgan fingerprint density at radius 1 is 0.821 bits per heavy atom. The lowest BCUT2D eigenvalue weighted by Crippen LogP contribution is -2.66. The predicted molar refractivity (Wildman–Crippen MR) is 211 cm³/mol. The van der Waals surface area contributed by atoms with Crippen LogP contribution >= 0.6 is 0 Å². The van der Waals surface area contributed by atoms with Crippen molar-refractivity contribution >= 4 is 29.3 Å². The van der Waals surface area contributed by atoms with Crippen LogP contribution in [0, 0.1) is 0 Å². The molecule has 10 nitrogen and oxygen atoms in total. The first-order valence-electron chi connectivity index (χ1n) is 19.2. The monoisotopic (exact) mass is 746 g/mol. The minimum absolute atomic E-state index is 0.134. The molecule has 5 atom stereocenters. The maximum absolute atomic E-state index is 14.5. The molecule has 0 aliphatic carbocycles. The molecule has 5 aliphatic heterocycles. The summed E-state index contributed by atoms with van der Waals surface area (Å²) in [4.78, 5) is 50.5. The van der Waals surface area contributed by atoms with E-state index in [0.717, 1.165) is 27.9 Å². The summed E-state index contributed by atoms with van der Waals surface area (Å²) < 4.78 is 19.8. The number of ether oxygens (including phenoxy) is 3. The molecule has 0 saturated carbocycles. The van der Waals surface area contributed by atoms with Crippen molar-refractivity contribution < 1.29 is 28.6 Å². The van der Waals surface area contributed by atoms with Crippen LogP contribution < -0.4 is 14.5 Å². The van der Waals surface area contributed by atoms with Crippen LogP contribution in [0.3, 0.4) is 0 Å². The summed E-state index contributed by atoms with van der Waals surface area (Å²) in [6.07, 6.45) is -0.0591. The molecule has 0 bridgehead atoms. The molecular weight excluding hydrogens is 705 g/mol. The Kier molecular flexibility index (Phi) is 7.72. The van der Waals surface area contributed by atoms with Gasteiger partial charge in [0.05, 0.1) is 47.5 Å². The standard InChI is InChI=1S/C46H42N4O6/c1-30(32-17-8-5-9-18-32)49-42-44(25-27-48-40(51)33-19-10-11-20-34(33)41(48)52,39-37(47(42)2)23-14-24-38(39)55-29-31-15-6-4-7-16-31)45-26-28-56-46(45,49)50(43(53)54-3)36-22-13-12-21-35(36)45/h4-24,30,42H,25-29H2,1-3H3/t30-,42+,44+,45+,46-/m0/s1. The van der Waals surface area contributed by atoms with E-state index in [-0.39, 0.29) is 24.4 Å². The van der Waals surface area contributed by atoms with E-state index in [4.69, 9.17) is 14.2 Å². The zero-order chi connectivity index (χ0) is 38.4. The van der Waals surface area contributed by atoms with Gasteiger partial charge >= 0.3 is 6.09 Å². The van der Waals surface area contributed by atoms with Gasteiger partial charge in [0.25, 0.3) is 11.8 Å². The maximum Gasteiger partial charge on any atom is 0.417 e. The second-order valence-corrected chi connectivity index (χ2v) is 15.4. The number of likely N-dealkylation sites (N-methyl/N-ethyl adjacent to an activating group) is 1. The van der Waals surface area contributed by atoms with Crippen LogP contribution in [0.5, 0.6) is 5.75 Å². The van der Waals surface area contributed by atoms with Crippen molar-refractivity contribution in [3.05, 3.63) is 161 Å². The van der Waals surface area contributed by atoms with E-state index in [2.05, 4.69) is 48.0 Å². The van der Waals surface area contributed by atoms with Gasteiger partial charge < -0.3 is 19.1 Å². The molecule has 10 rings (SSSR count). The van der Waals surface area contributed by atoms with Crippen LogP contribution in [0.2, 0.25) is 0 Å². The predicted octanol–water partition coefficient (Wildman–Crippen LogP) is 7.64. The van der Waals surface area contributed by atoms with Crippen molar-refractivity contribution in [1.29, 1.82) is 0 Å². The van der Waals surface area contributed by atoms with E-state index in [1.54, 1.807) is 29.2 Å². The molecule has 0 aromatic heterocycles. The van der Waals surface area contributed by atoms with Gasteiger partial charge in [-0.05, 0) is 66.8 Å². The first-order valence-corrected chi connectivity index (χ1v) is 19.2. The molecule has 5 aromatic rings. The number of carbonyl (C=O) groups excluding carboxylic acids is 3. The van der Waals surface area contributed by atoms with Gasteiger partial charge in [-0.2, -0.15) is 0 Å². The third-order valence-corrected chi connectivity index (χ3v) is 13.2. The van der Waals surface area contributed by atoms with Crippen molar-refractivity contribution in [2.75, 3.05) is 37.1 Å².